The van der Waals surface area contributed by atoms with E-state index in [9.17, 15) is 4.79 Å². The molecule has 0 amide bonds. The van der Waals surface area contributed by atoms with Crippen LogP contribution in [0.15, 0.2) is 18.3 Å². The first-order valence-electron chi connectivity index (χ1n) is 4.19. The van der Waals surface area contributed by atoms with Gasteiger partial charge in [0.2, 0.25) is 0 Å². The van der Waals surface area contributed by atoms with Crippen LogP contribution >= 0.6 is 0 Å². The van der Waals surface area contributed by atoms with Crippen molar-refractivity contribution in [2.45, 2.75) is 26.2 Å². The van der Waals surface area contributed by atoms with Gasteiger partial charge >= 0.3 is 0 Å². The lowest BCUT2D eigenvalue weighted by Gasteiger charge is -2.07. The Morgan fingerprint density at radius 3 is 3.00 bits per heavy atom. The van der Waals surface area contributed by atoms with Gasteiger partial charge in [-0.3, -0.25) is 9.78 Å². The van der Waals surface area contributed by atoms with Crippen molar-refractivity contribution in [1.82, 2.24) is 4.98 Å². The molecule has 64 valence electrons. The number of carbonyl (C=O) groups excluding carboxylic acids is 1. The molecule has 0 bridgehead atoms. The van der Waals surface area contributed by atoms with Gasteiger partial charge in [-0.2, -0.15) is 0 Å². The molecule has 2 heteroatoms. The molecule has 0 aliphatic heterocycles. The maximum Gasteiger partial charge on any atom is 0.168 e. The van der Waals surface area contributed by atoms with Crippen molar-refractivity contribution in [3.63, 3.8) is 0 Å². The van der Waals surface area contributed by atoms with Gasteiger partial charge < -0.3 is 0 Å². The van der Waals surface area contributed by atoms with Crippen LogP contribution in [-0.2, 0) is 0 Å². The van der Waals surface area contributed by atoms with Crippen molar-refractivity contribution >= 4 is 6.29 Å². The Kier molecular flexibility index (Phi) is 2.97. The predicted molar refractivity (Wildman–Crippen MR) is 48.3 cm³/mol. The second kappa shape index (κ2) is 4.00. The fourth-order valence-electron chi connectivity index (χ4n) is 1.07. The molecule has 1 unspecified atom stereocenters. The quantitative estimate of drug-likeness (QED) is 0.640. The van der Waals surface area contributed by atoms with Gasteiger partial charge in [-0.25, -0.2) is 0 Å². The number of aromatic nitrogens is 1. The lowest BCUT2D eigenvalue weighted by molar-refractivity contribution is 0.111. The molecule has 0 spiro atoms. The van der Waals surface area contributed by atoms with Gasteiger partial charge in [0.25, 0.3) is 0 Å². The SMILES string of the molecule is CCC(C)c1ccnc(C=O)c1. The van der Waals surface area contributed by atoms with Crippen molar-refractivity contribution in [3.05, 3.63) is 29.6 Å². The van der Waals surface area contributed by atoms with E-state index >= 15 is 0 Å². The van der Waals surface area contributed by atoms with E-state index < -0.39 is 0 Å². The maximum atomic E-state index is 10.4. The summed E-state index contributed by atoms with van der Waals surface area (Å²) in [6, 6.07) is 3.81. The van der Waals surface area contributed by atoms with Crippen LogP contribution in [0.2, 0.25) is 0 Å². The van der Waals surface area contributed by atoms with Gasteiger partial charge in [-0.05, 0) is 30.0 Å². The fraction of sp³-hybridized carbons (Fsp3) is 0.400. The molecule has 2 nitrogen and oxygen atoms in total. The summed E-state index contributed by atoms with van der Waals surface area (Å²) in [5.41, 5.74) is 1.71. The molecule has 0 aliphatic rings. The summed E-state index contributed by atoms with van der Waals surface area (Å²) < 4.78 is 0. The van der Waals surface area contributed by atoms with Crippen LogP contribution < -0.4 is 0 Å². The molecule has 0 saturated heterocycles. The van der Waals surface area contributed by atoms with Crippen LogP contribution in [0, 0.1) is 0 Å². The topological polar surface area (TPSA) is 30.0 Å². The molecule has 1 heterocycles. The minimum atomic E-state index is 0.506. The molecule has 12 heavy (non-hydrogen) atoms. The number of rotatable bonds is 3. The highest BCUT2D eigenvalue weighted by molar-refractivity contribution is 5.71. The summed E-state index contributed by atoms with van der Waals surface area (Å²) >= 11 is 0. The first kappa shape index (κ1) is 8.91. The third kappa shape index (κ3) is 1.91. The zero-order valence-electron chi connectivity index (χ0n) is 7.45. The van der Waals surface area contributed by atoms with E-state index in [-0.39, 0.29) is 0 Å². The van der Waals surface area contributed by atoms with Crippen LogP contribution in [-0.4, -0.2) is 11.3 Å². The summed E-state index contributed by atoms with van der Waals surface area (Å²) in [6.07, 6.45) is 3.55. The van der Waals surface area contributed by atoms with E-state index in [1.807, 2.05) is 12.1 Å². The van der Waals surface area contributed by atoms with Crippen molar-refractivity contribution in [3.8, 4) is 0 Å². The normalized spacial score (nSPS) is 12.5. The smallest absolute Gasteiger partial charge is 0.168 e. The summed E-state index contributed by atoms with van der Waals surface area (Å²) in [5.74, 6) is 0.506. The molecule has 0 aromatic carbocycles. The van der Waals surface area contributed by atoms with E-state index in [4.69, 9.17) is 0 Å². The minimum Gasteiger partial charge on any atom is -0.296 e. The Morgan fingerprint density at radius 1 is 1.67 bits per heavy atom. The van der Waals surface area contributed by atoms with Crippen molar-refractivity contribution in [2.24, 2.45) is 0 Å². The highest BCUT2D eigenvalue weighted by Crippen LogP contribution is 2.17. The highest BCUT2D eigenvalue weighted by Gasteiger charge is 2.02. The molecule has 0 radical (unpaired) electrons. The second-order valence-corrected chi connectivity index (χ2v) is 2.94. The molecule has 0 aliphatic carbocycles. The summed E-state index contributed by atoms with van der Waals surface area (Å²) in [4.78, 5) is 14.3. The molecule has 1 aromatic heterocycles. The number of aldehydes is 1. The van der Waals surface area contributed by atoms with Gasteiger partial charge in [0.15, 0.2) is 6.29 Å². The van der Waals surface area contributed by atoms with E-state index in [1.165, 1.54) is 5.56 Å². The zero-order chi connectivity index (χ0) is 8.97. The van der Waals surface area contributed by atoms with Gasteiger partial charge in [-0.1, -0.05) is 13.8 Å². The molecule has 1 rings (SSSR count). The molecule has 1 aromatic rings. The van der Waals surface area contributed by atoms with E-state index in [0.717, 1.165) is 12.7 Å². The largest absolute Gasteiger partial charge is 0.296 e. The summed E-state index contributed by atoms with van der Waals surface area (Å²) in [7, 11) is 0. The third-order valence-corrected chi connectivity index (χ3v) is 2.11. The average Bonchev–Trinajstić information content (AvgIpc) is 2.17. The second-order valence-electron chi connectivity index (χ2n) is 2.94. The molecule has 0 saturated carbocycles. The number of hydrogen-bond donors (Lipinski definition) is 0. The summed E-state index contributed by atoms with van der Waals surface area (Å²) in [5, 5.41) is 0. The number of hydrogen-bond acceptors (Lipinski definition) is 2. The van der Waals surface area contributed by atoms with E-state index in [0.29, 0.717) is 11.6 Å². The fourth-order valence-corrected chi connectivity index (χ4v) is 1.07. The van der Waals surface area contributed by atoms with Crippen molar-refractivity contribution < 1.29 is 4.79 Å². The molecular weight excluding hydrogens is 150 g/mol. The van der Waals surface area contributed by atoms with Crippen LogP contribution in [0.25, 0.3) is 0 Å². The van der Waals surface area contributed by atoms with Crippen LogP contribution in [0.5, 0.6) is 0 Å². The predicted octanol–water partition coefficient (Wildman–Crippen LogP) is 2.41. The molecule has 1 atom stereocenters. The monoisotopic (exact) mass is 163 g/mol. The Morgan fingerprint density at radius 2 is 2.42 bits per heavy atom. The van der Waals surface area contributed by atoms with Crippen molar-refractivity contribution in [2.75, 3.05) is 0 Å². The first-order chi connectivity index (χ1) is 5.77. The van der Waals surface area contributed by atoms with E-state index in [2.05, 4.69) is 18.8 Å². The number of carbonyl (C=O) groups is 1. The Bertz CT molecular complexity index is 270. The highest BCUT2D eigenvalue weighted by atomic mass is 16.1. The van der Waals surface area contributed by atoms with Crippen LogP contribution in [0.1, 0.15) is 42.2 Å². The molecular formula is C10H13NO. The van der Waals surface area contributed by atoms with Gasteiger partial charge in [0.1, 0.15) is 5.69 Å². The van der Waals surface area contributed by atoms with E-state index in [1.54, 1.807) is 6.20 Å². The van der Waals surface area contributed by atoms with Gasteiger partial charge in [-0.15, -0.1) is 0 Å². The number of pyridine rings is 1. The Labute approximate surface area is 72.6 Å². The Hall–Kier alpha value is -1.18. The molecule has 0 fully saturated rings. The zero-order valence-corrected chi connectivity index (χ0v) is 7.45. The third-order valence-electron chi connectivity index (χ3n) is 2.11. The Balaban J connectivity index is 2.93. The first-order valence-corrected chi connectivity index (χ1v) is 4.19. The van der Waals surface area contributed by atoms with Crippen LogP contribution in [0.3, 0.4) is 0 Å². The van der Waals surface area contributed by atoms with Gasteiger partial charge in [0.05, 0.1) is 0 Å². The van der Waals surface area contributed by atoms with Crippen molar-refractivity contribution in [1.29, 1.82) is 0 Å². The average molecular weight is 163 g/mol. The lowest BCUT2D eigenvalue weighted by atomic mass is 9.99. The maximum absolute atomic E-state index is 10.4. The van der Waals surface area contributed by atoms with Gasteiger partial charge in [0, 0.05) is 6.20 Å². The standard InChI is InChI=1S/C10H13NO/c1-3-8(2)9-4-5-11-10(6-9)7-12/h4-8H,3H2,1-2H3. The lowest BCUT2D eigenvalue weighted by Crippen LogP contribution is -1.94. The summed E-state index contributed by atoms with van der Waals surface area (Å²) in [6.45, 7) is 4.27. The number of nitrogens with zero attached hydrogens (tertiary/aromatic N) is 1. The van der Waals surface area contributed by atoms with Crippen LogP contribution in [0.4, 0.5) is 0 Å². The minimum absolute atomic E-state index is 0.506. The molecule has 0 N–H and O–H groups in total.